The van der Waals surface area contributed by atoms with Gasteiger partial charge < -0.3 is 10.4 Å². The Hall–Kier alpha value is -3.04. The highest BCUT2D eigenvalue weighted by atomic mass is 32.2. The summed E-state index contributed by atoms with van der Waals surface area (Å²) in [5.41, 5.74) is 1.85. The molecule has 1 amide bonds. The Labute approximate surface area is 156 Å². The van der Waals surface area contributed by atoms with Crippen LogP contribution in [0.5, 0.6) is 0 Å². The first-order valence-electron chi connectivity index (χ1n) is 8.15. The first-order chi connectivity index (χ1) is 12.9. The van der Waals surface area contributed by atoms with Gasteiger partial charge in [0.1, 0.15) is 4.90 Å². The van der Waals surface area contributed by atoms with E-state index in [0.29, 0.717) is 11.3 Å². The van der Waals surface area contributed by atoms with Gasteiger partial charge in [0.2, 0.25) is 5.91 Å². The summed E-state index contributed by atoms with van der Waals surface area (Å²) in [5, 5.41) is 17.6. The lowest BCUT2D eigenvalue weighted by Gasteiger charge is -2.17. The average Bonchev–Trinajstić information content (AvgIpc) is 2.91. The van der Waals surface area contributed by atoms with E-state index in [1.54, 1.807) is 42.5 Å². The third-order valence-corrected chi connectivity index (χ3v) is 5.07. The zero-order chi connectivity index (χ0) is 19.4. The summed E-state index contributed by atoms with van der Waals surface area (Å²) in [6.07, 6.45) is 1.53. The minimum atomic E-state index is -3.77. The molecule has 0 radical (unpaired) electrons. The summed E-state index contributed by atoms with van der Waals surface area (Å²) in [6, 6.07) is 13.5. The molecule has 1 heterocycles. The van der Waals surface area contributed by atoms with E-state index in [-0.39, 0.29) is 29.8 Å². The highest BCUT2D eigenvalue weighted by Gasteiger charge is 2.31. The van der Waals surface area contributed by atoms with Crippen molar-refractivity contribution >= 4 is 33.7 Å². The number of benzene rings is 2. The van der Waals surface area contributed by atoms with Gasteiger partial charge in [-0.15, -0.1) is 4.40 Å². The largest absolute Gasteiger partial charge is 0.394 e. The summed E-state index contributed by atoms with van der Waals surface area (Å²) in [4.78, 5) is 11.2. The lowest BCUT2D eigenvalue weighted by Crippen LogP contribution is -2.28. The Bertz CT molecular complexity index is 1010. The molecule has 0 unspecified atom stereocenters. The third-order valence-electron chi connectivity index (χ3n) is 3.75. The van der Waals surface area contributed by atoms with Gasteiger partial charge in [0, 0.05) is 18.2 Å². The summed E-state index contributed by atoms with van der Waals surface area (Å²) in [6.45, 7) is 1.29. The maximum Gasteiger partial charge on any atom is 0.285 e. The van der Waals surface area contributed by atoms with E-state index in [9.17, 15) is 18.3 Å². The van der Waals surface area contributed by atoms with Crippen LogP contribution in [0.1, 0.15) is 18.1 Å². The molecule has 0 saturated heterocycles. The van der Waals surface area contributed by atoms with E-state index in [1.807, 2.05) is 0 Å². The van der Waals surface area contributed by atoms with E-state index in [4.69, 9.17) is 0 Å². The van der Waals surface area contributed by atoms with Crippen molar-refractivity contribution < 1.29 is 18.3 Å². The van der Waals surface area contributed by atoms with Crippen molar-refractivity contribution in [2.45, 2.75) is 11.8 Å². The molecular formula is C18H18N4O4S. The van der Waals surface area contributed by atoms with Crippen LogP contribution in [-0.4, -0.2) is 49.6 Å². The van der Waals surface area contributed by atoms with Crippen molar-refractivity contribution in [3.05, 3.63) is 59.7 Å². The molecule has 1 aliphatic heterocycles. The number of amidine groups is 1. The van der Waals surface area contributed by atoms with E-state index >= 15 is 0 Å². The summed E-state index contributed by atoms with van der Waals surface area (Å²) in [5.74, 6) is 0.00965. The monoisotopic (exact) mass is 386 g/mol. The zero-order valence-electron chi connectivity index (χ0n) is 14.5. The Balaban J connectivity index is 1.87. The fraction of sp³-hybridized carbons (Fsp3) is 0.167. The summed E-state index contributed by atoms with van der Waals surface area (Å²) in [7, 11) is -3.77. The second kappa shape index (κ2) is 7.68. The van der Waals surface area contributed by atoms with Gasteiger partial charge in [-0.2, -0.15) is 13.5 Å². The number of aliphatic hydroxyl groups is 1. The standard InChI is InChI=1S/C18H18N4O4S/c1-13(24)20-15-8-6-14(7-9-15)12-19-22(10-11-23)18-16-4-2-3-5-17(16)27(25,26)21-18/h2-9,12,23H,10-11H2,1H3,(H,20,24)/b19-12+. The van der Waals surface area contributed by atoms with E-state index in [0.717, 1.165) is 5.56 Å². The number of sulfonamides is 1. The molecule has 0 fully saturated rings. The molecule has 2 aromatic carbocycles. The Kier molecular flexibility index (Phi) is 5.33. The molecule has 3 rings (SSSR count). The van der Waals surface area contributed by atoms with Crippen LogP contribution >= 0.6 is 0 Å². The van der Waals surface area contributed by atoms with Crippen LogP contribution < -0.4 is 5.32 Å². The molecule has 0 atom stereocenters. The molecule has 8 nitrogen and oxygen atoms in total. The molecule has 2 N–H and O–H groups in total. The Morgan fingerprint density at radius 3 is 2.59 bits per heavy atom. The molecule has 140 valence electrons. The highest BCUT2D eigenvalue weighted by Crippen LogP contribution is 2.27. The second-order valence-corrected chi connectivity index (χ2v) is 7.35. The molecule has 9 heteroatoms. The minimum absolute atomic E-state index is 0.0865. The molecule has 0 aliphatic carbocycles. The van der Waals surface area contributed by atoms with Crippen molar-refractivity contribution in [3.8, 4) is 0 Å². The van der Waals surface area contributed by atoms with Crippen molar-refractivity contribution in [3.63, 3.8) is 0 Å². The third kappa shape index (κ3) is 4.21. The van der Waals surface area contributed by atoms with Gasteiger partial charge in [0.15, 0.2) is 5.84 Å². The smallest absolute Gasteiger partial charge is 0.285 e. The predicted octanol–water partition coefficient (Wildman–Crippen LogP) is 1.42. The number of hydrogen-bond acceptors (Lipinski definition) is 6. The lowest BCUT2D eigenvalue weighted by molar-refractivity contribution is -0.114. The Morgan fingerprint density at radius 2 is 1.93 bits per heavy atom. The maximum atomic E-state index is 12.2. The number of amides is 1. The van der Waals surface area contributed by atoms with Gasteiger partial charge in [-0.3, -0.25) is 4.79 Å². The number of hydrazone groups is 1. The van der Waals surface area contributed by atoms with Crippen LogP contribution in [0.25, 0.3) is 0 Å². The van der Waals surface area contributed by atoms with Gasteiger partial charge >= 0.3 is 0 Å². The highest BCUT2D eigenvalue weighted by molar-refractivity contribution is 7.90. The number of rotatable bonds is 5. The van der Waals surface area contributed by atoms with Crippen LogP contribution in [0, 0.1) is 0 Å². The van der Waals surface area contributed by atoms with Gasteiger partial charge in [-0.05, 0) is 29.8 Å². The molecule has 2 aromatic rings. The number of nitrogens with zero attached hydrogens (tertiary/aromatic N) is 3. The number of hydrogen-bond donors (Lipinski definition) is 2. The van der Waals surface area contributed by atoms with Crippen molar-refractivity contribution in [2.75, 3.05) is 18.5 Å². The van der Waals surface area contributed by atoms with Crippen LogP contribution in [0.4, 0.5) is 5.69 Å². The fourth-order valence-corrected chi connectivity index (χ4v) is 3.79. The maximum absolute atomic E-state index is 12.2. The Morgan fingerprint density at radius 1 is 1.22 bits per heavy atom. The van der Waals surface area contributed by atoms with E-state index in [2.05, 4.69) is 14.8 Å². The predicted molar refractivity (Wildman–Crippen MR) is 102 cm³/mol. The number of carbonyl (C=O) groups excluding carboxylic acids is 1. The molecular weight excluding hydrogens is 368 g/mol. The topological polar surface area (TPSA) is 111 Å². The first-order valence-corrected chi connectivity index (χ1v) is 9.59. The molecule has 1 aliphatic rings. The summed E-state index contributed by atoms with van der Waals surface area (Å²) < 4.78 is 28.2. The van der Waals surface area contributed by atoms with Gasteiger partial charge in [-0.1, -0.05) is 24.3 Å². The molecule has 0 saturated carbocycles. The summed E-state index contributed by atoms with van der Waals surface area (Å²) >= 11 is 0. The average molecular weight is 386 g/mol. The molecule has 0 aromatic heterocycles. The number of anilines is 1. The van der Waals surface area contributed by atoms with Crippen molar-refractivity contribution in [1.29, 1.82) is 0 Å². The van der Waals surface area contributed by atoms with Crippen molar-refractivity contribution in [2.24, 2.45) is 9.50 Å². The zero-order valence-corrected chi connectivity index (χ0v) is 15.3. The van der Waals surface area contributed by atoms with Crippen LogP contribution in [0.15, 0.2) is 62.9 Å². The van der Waals surface area contributed by atoms with E-state index < -0.39 is 10.0 Å². The first kappa shape index (κ1) is 18.7. The number of aliphatic hydroxyl groups excluding tert-OH is 1. The van der Waals surface area contributed by atoms with Crippen molar-refractivity contribution in [1.82, 2.24) is 5.01 Å². The lowest BCUT2D eigenvalue weighted by atomic mass is 10.2. The molecule has 0 bridgehead atoms. The van der Waals surface area contributed by atoms with Gasteiger partial charge in [-0.25, -0.2) is 5.01 Å². The quantitative estimate of drug-likeness (QED) is 0.596. The fourth-order valence-electron chi connectivity index (χ4n) is 2.58. The normalized spacial score (nSPS) is 14.7. The van der Waals surface area contributed by atoms with Crippen LogP contribution in [-0.2, 0) is 14.8 Å². The number of nitrogens with one attached hydrogen (secondary N) is 1. The minimum Gasteiger partial charge on any atom is -0.394 e. The SMILES string of the molecule is CC(=O)Nc1ccc(/C=N/N(CCO)C2=NS(=O)(=O)c3ccccc32)cc1. The van der Waals surface area contributed by atoms with E-state index in [1.165, 1.54) is 24.2 Å². The number of carbonyl (C=O) groups is 1. The second-order valence-electron chi connectivity index (χ2n) is 5.78. The van der Waals surface area contributed by atoms with Gasteiger partial charge in [0.05, 0.1) is 19.4 Å². The molecule has 27 heavy (non-hydrogen) atoms. The van der Waals surface area contributed by atoms with Crippen LogP contribution in [0.2, 0.25) is 0 Å². The molecule has 0 spiro atoms. The van der Waals surface area contributed by atoms with Gasteiger partial charge in [0.25, 0.3) is 10.0 Å². The van der Waals surface area contributed by atoms with Crippen LogP contribution in [0.3, 0.4) is 0 Å². The number of fused-ring (bicyclic) bond motifs is 1.